The Bertz CT molecular complexity index is 2020. The van der Waals surface area contributed by atoms with Crippen LogP contribution in [0.4, 0.5) is 0 Å². The van der Waals surface area contributed by atoms with Gasteiger partial charge in [-0.05, 0) is 155 Å². The molecule has 626 valence electrons. The molecular weight excluding hydrogens is 1530 g/mol. The molecule has 2 heterocycles. The molecule has 0 bridgehead atoms. The molecule has 2 aliphatic heterocycles. The Hall–Kier alpha value is -1.92. The zero-order valence-electron chi connectivity index (χ0n) is 64.6. The molecule has 0 aliphatic carbocycles. The summed E-state index contributed by atoms with van der Waals surface area (Å²) in [5.41, 5.74) is 10.9. The lowest BCUT2D eigenvalue weighted by atomic mass is 10.2. The molecule has 2 fully saturated rings. The molecule has 0 saturated carbocycles. The van der Waals surface area contributed by atoms with Crippen molar-refractivity contribution in [2.45, 2.75) is 148 Å². The summed E-state index contributed by atoms with van der Waals surface area (Å²) in [4.78, 5) is 106. The van der Waals surface area contributed by atoms with Crippen molar-refractivity contribution >= 4 is 134 Å². The maximum Gasteiger partial charge on any atom is 0.307 e. The van der Waals surface area contributed by atoms with Crippen molar-refractivity contribution in [3.8, 4) is 0 Å². The van der Waals surface area contributed by atoms with Crippen LogP contribution in [0.5, 0.6) is 0 Å². The average Bonchev–Trinajstić information content (AvgIpc) is 1.93. The number of esters is 4. The Morgan fingerprint density at radius 1 is 0.308 bits per heavy atom. The van der Waals surface area contributed by atoms with Crippen LogP contribution in [-0.4, -0.2) is 333 Å². The fraction of sp³-hybridized carbons (Fsp3) is 0.887. The summed E-state index contributed by atoms with van der Waals surface area (Å²) in [7, 11) is 13.8. The largest absolute Gasteiger partial charge is 0.466 e. The molecule has 36 heteroatoms. The molecule has 4 amide bonds. The smallest absolute Gasteiger partial charge is 0.307 e. The van der Waals surface area contributed by atoms with Gasteiger partial charge in [0.15, 0.2) is 0 Å². The molecule has 0 aromatic rings. The topological polar surface area (TPSA) is 375 Å². The Balaban J connectivity index is 0.00000107. The number of carbonyl (C=O) groups is 8. The van der Waals surface area contributed by atoms with E-state index in [1.54, 1.807) is 86.4 Å². The minimum atomic E-state index is -0.296. The number of likely N-dealkylation sites (tertiary alicyclic amines) is 2. The Morgan fingerprint density at radius 2 is 0.607 bits per heavy atom. The number of ether oxygens (including phenoxy) is 4. The van der Waals surface area contributed by atoms with Gasteiger partial charge in [-0.2, -0.15) is 0 Å². The molecule has 0 radical (unpaired) electrons. The molecular formula is C71H140N14O14S8. The van der Waals surface area contributed by atoms with Gasteiger partial charge in [-0.25, -0.2) is 0 Å². The third-order valence-electron chi connectivity index (χ3n) is 16.3. The van der Waals surface area contributed by atoms with Crippen molar-refractivity contribution in [3.63, 3.8) is 0 Å². The SMILES string of the molecule is NCCSSCCNCCC(=O)OCCCCCOC(=O)CCN(CCCCO)CCC(=O)OCCCCCOC(=O)CCNCCSSCCN.O=C(CCNCCCN1CCCC1)NCCSSCCNC(=O)CCN(CCCO)CCC(=O)NCCSSCCNC(=O)CCNCCCN1CCCC1. The first-order valence-corrected chi connectivity index (χ1v) is 49.3. The molecule has 107 heavy (non-hydrogen) atoms. The lowest BCUT2D eigenvalue weighted by Crippen LogP contribution is -2.35. The van der Waals surface area contributed by atoms with Gasteiger partial charge in [-0.1, -0.05) is 86.4 Å². The van der Waals surface area contributed by atoms with Crippen molar-refractivity contribution < 1.29 is 67.5 Å². The van der Waals surface area contributed by atoms with Crippen LogP contribution in [0.2, 0.25) is 0 Å². The first-order chi connectivity index (χ1) is 52.4. The Morgan fingerprint density at radius 3 is 0.963 bits per heavy atom. The number of aliphatic hydroxyl groups excluding tert-OH is 2. The van der Waals surface area contributed by atoms with Gasteiger partial charge in [0.2, 0.25) is 23.6 Å². The average molecular weight is 1670 g/mol. The van der Waals surface area contributed by atoms with Crippen molar-refractivity contribution in [2.24, 2.45) is 11.5 Å². The second-order valence-corrected chi connectivity index (χ2v) is 36.4. The maximum absolute atomic E-state index is 12.4. The minimum absolute atomic E-state index is 0.0225. The van der Waals surface area contributed by atoms with E-state index in [4.69, 9.17) is 35.5 Å². The Labute approximate surface area is 673 Å². The number of rotatable bonds is 77. The van der Waals surface area contributed by atoms with E-state index in [9.17, 15) is 43.5 Å². The third-order valence-corrected chi connectivity index (χ3v) is 26.0. The van der Waals surface area contributed by atoms with Gasteiger partial charge in [0, 0.05) is 196 Å². The van der Waals surface area contributed by atoms with Crippen LogP contribution in [0.25, 0.3) is 0 Å². The van der Waals surface area contributed by atoms with Crippen LogP contribution in [0.1, 0.15) is 148 Å². The monoisotopic (exact) mass is 1670 g/mol. The van der Waals surface area contributed by atoms with Gasteiger partial charge in [-0.3, -0.25) is 38.4 Å². The van der Waals surface area contributed by atoms with Crippen LogP contribution in [0.3, 0.4) is 0 Å². The molecule has 0 spiro atoms. The van der Waals surface area contributed by atoms with Gasteiger partial charge < -0.3 is 103 Å². The number of nitrogens with two attached hydrogens (primary N) is 2. The van der Waals surface area contributed by atoms with E-state index < -0.39 is 0 Å². The predicted molar refractivity (Wildman–Crippen MR) is 451 cm³/mol. The Kier molecular flexibility index (Phi) is 77.7. The van der Waals surface area contributed by atoms with E-state index >= 15 is 0 Å². The van der Waals surface area contributed by atoms with Crippen LogP contribution >= 0.6 is 86.4 Å². The van der Waals surface area contributed by atoms with E-state index in [2.05, 4.69) is 57.2 Å². The normalized spacial score (nSPS) is 13.0. The molecule has 2 saturated heterocycles. The van der Waals surface area contributed by atoms with Gasteiger partial charge in [-0.15, -0.1) is 0 Å². The molecule has 2 aliphatic rings. The summed E-state index contributed by atoms with van der Waals surface area (Å²) in [6.45, 7) is 22.0. The van der Waals surface area contributed by atoms with Crippen LogP contribution < -0.4 is 54.0 Å². The molecule has 0 unspecified atom stereocenters. The number of amides is 4. The van der Waals surface area contributed by atoms with Gasteiger partial charge in [0.25, 0.3) is 0 Å². The van der Waals surface area contributed by atoms with Gasteiger partial charge in [0.05, 0.1) is 52.1 Å². The summed E-state index contributed by atoms with van der Waals surface area (Å²) in [6.07, 6.45) is 16.7. The number of hydrogen-bond donors (Lipinski definition) is 12. The molecule has 28 nitrogen and oxygen atoms in total. The summed E-state index contributed by atoms with van der Waals surface area (Å²) >= 11 is 0. The van der Waals surface area contributed by atoms with Crippen LogP contribution in [0.15, 0.2) is 0 Å². The van der Waals surface area contributed by atoms with Crippen molar-refractivity contribution in [2.75, 3.05) is 256 Å². The fourth-order valence-electron chi connectivity index (χ4n) is 10.5. The summed E-state index contributed by atoms with van der Waals surface area (Å²) in [5, 5.41) is 43.5. The van der Waals surface area contributed by atoms with Crippen molar-refractivity contribution in [3.05, 3.63) is 0 Å². The second-order valence-electron chi connectivity index (χ2n) is 25.6. The molecule has 0 aromatic carbocycles. The van der Waals surface area contributed by atoms with E-state index in [1.165, 1.54) is 51.9 Å². The summed E-state index contributed by atoms with van der Waals surface area (Å²) < 4.78 is 21.3. The standard InChI is InChI=1S/C37H73N9O5S4.C34H67N5O9S4/c47-29-7-26-46(27-10-36(50)42-18-32-54-52-30-16-40-34(48)8-14-38-12-5-24-44-20-1-2-21-44)28-11-37(51)43-19-33-55-53-31-17-41-35(49)9-15-39-13-6-25-45-22-3-4-23-45;35-13-27-49-51-29-17-37-15-9-31(41)45-23-5-1-7-25-47-33(43)11-20-39(19-3-4-22-40)21-12-34(44)48-26-8-2-6-24-46-32(42)10-16-38-18-30-52-50-28-14-36/h38-39,47H,1-33H2,(H,40,48)(H,41,49)(H,42,50)(H,43,51);37-38,40H,1-30,35-36H2. The summed E-state index contributed by atoms with van der Waals surface area (Å²) in [5.74, 6) is 6.09. The molecule has 14 N–H and O–H groups in total. The highest BCUT2D eigenvalue weighted by Crippen LogP contribution is 2.22. The number of nitrogens with one attached hydrogen (secondary N) is 8. The second kappa shape index (κ2) is 80.7. The number of unbranched alkanes of at least 4 members (excludes halogenated alkanes) is 5. The maximum atomic E-state index is 12.4. The molecule has 2 rings (SSSR count). The van der Waals surface area contributed by atoms with E-state index in [0.717, 1.165) is 117 Å². The predicted octanol–water partition coefficient (Wildman–Crippen LogP) is 4.60. The van der Waals surface area contributed by atoms with Crippen LogP contribution in [-0.2, 0) is 57.3 Å². The van der Waals surface area contributed by atoms with E-state index in [1.807, 2.05) is 4.90 Å². The van der Waals surface area contributed by atoms with Gasteiger partial charge >= 0.3 is 23.9 Å². The number of nitrogens with zero attached hydrogens (tertiary/aromatic N) is 4. The van der Waals surface area contributed by atoms with Crippen molar-refractivity contribution in [1.82, 2.24) is 62.1 Å². The fourth-order valence-corrected chi connectivity index (χ4v) is 17.7. The highest BCUT2D eigenvalue weighted by Gasteiger charge is 2.16. The van der Waals surface area contributed by atoms with Gasteiger partial charge in [0.1, 0.15) is 0 Å². The number of carbonyl (C=O) groups excluding carboxylic acids is 8. The van der Waals surface area contributed by atoms with E-state index in [0.29, 0.717) is 208 Å². The lowest BCUT2D eigenvalue weighted by Gasteiger charge is -2.21. The minimum Gasteiger partial charge on any atom is -0.466 e. The van der Waals surface area contributed by atoms with Crippen molar-refractivity contribution in [1.29, 1.82) is 0 Å². The molecule has 0 atom stereocenters. The number of aliphatic hydroxyl groups is 2. The van der Waals surface area contributed by atoms with E-state index in [-0.39, 0.29) is 73.6 Å². The first kappa shape index (κ1) is 103. The van der Waals surface area contributed by atoms with Crippen LogP contribution in [0, 0.1) is 0 Å². The zero-order valence-corrected chi connectivity index (χ0v) is 71.1. The molecule has 0 aromatic heterocycles. The third kappa shape index (κ3) is 74.0. The first-order valence-electron chi connectivity index (χ1n) is 39.4. The highest BCUT2D eigenvalue weighted by atomic mass is 33.1. The lowest BCUT2D eigenvalue weighted by molar-refractivity contribution is -0.145. The quantitative estimate of drug-likeness (QED) is 0.0171. The summed E-state index contributed by atoms with van der Waals surface area (Å²) in [6, 6.07) is 0. The number of hydrogen-bond acceptors (Lipinski definition) is 32. The highest BCUT2D eigenvalue weighted by molar-refractivity contribution is 8.77. The zero-order chi connectivity index (χ0) is 77.6.